The van der Waals surface area contributed by atoms with Gasteiger partial charge < -0.3 is 10.4 Å². The van der Waals surface area contributed by atoms with Crippen LogP contribution in [0.1, 0.15) is 27.2 Å². The molecule has 1 fully saturated rings. The standard InChI is InChI=1S/C9H19NO/c1-6-4-9(6)5-10-7(2)8(3)11/h6-11H,4-5H2,1-3H3. The summed E-state index contributed by atoms with van der Waals surface area (Å²) in [6.45, 7) is 7.21. The van der Waals surface area contributed by atoms with Gasteiger partial charge in [0, 0.05) is 6.04 Å². The molecule has 66 valence electrons. The van der Waals surface area contributed by atoms with Gasteiger partial charge in [0.25, 0.3) is 0 Å². The predicted molar refractivity (Wildman–Crippen MR) is 46.4 cm³/mol. The minimum absolute atomic E-state index is 0.232. The number of rotatable bonds is 4. The van der Waals surface area contributed by atoms with Crippen molar-refractivity contribution in [2.24, 2.45) is 11.8 Å². The van der Waals surface area contributed by atoms with Crippen LogP contribution in [0.4, 0.5) is 0 Å². The van der Waals surface area contributed by atoms with Crippen LogP contribution < -0.4 is 5.32 Å². The van der Waals surface area contributed by atoms with Gasteiger partial charge in [-0.3, -0.25) is 0 Å². The fourth-order valence-corrected chi connectivity index (χ4v) is 1.19. The van der Waals surface area contributed by atoms with Gasteiger partial charge in [-0.15, -0.1) is 0 Å². The summed E-state index contributed by atoms with van der Waals surface area (Å²) < 4.78 is 0. The summed E-state index contributed by atoms with van der Waals surface area (Å²) in [5, 5.41) is 12.5. The zero-order valence-corrected chi connectivity index (χ0v) is 7.67. The number of nitrogens with one attached hydrogen (secondary N) is 1. The monoisotopic (exact) mass is 157 g/mol. The molecule has 2 nitrogen and oxygen atoms in total. The van der Waals surface area contributed by atoms with Crippen LogP contribution in [0.2, 0.25) is 0 Å². The van der Waals surface area contributed by atoms with E-state index in [-0.39, 0.29) is 12.1 Å². The number of aliphatic hydroxyl groups excluding tert-OH is 1. The zero-order valence-electron chi connectivity index (χ0n) is 7.67. The highest BCUT2D eigenvalue weighted by Gasteiger charge is 2.32. The lowest BCUT2D eigenvalue weighted by Crippen LogP contribution is -2.36. The number of hydrogen-bond donors (Lipinski definition) is 2. The molecule has 0 aliphatic heterocycles. The van der Waals surface area contributed by atoms with E-state index in [1.807, 2.05) is 13.8 Å². The molecule has 1 aliphatic carbocycles. The lowest BCUT2D eigenvalue weighted by atomic mass is 10.2. The molecular weight excluding hydrogens is 138 g/mol. The van der Waals surface area contributed by atoms with Crippen LogP contribution in [-0.4, -0.2) is 23.8 Å². The second-order valence-corrected chi connectivity index (χ2v) is 3.91. The van der Waals surface area contributed by atoms with E-state index in [1.165, 1.54) is 6.42 Å². The van der Waals surface area contributed by atoms with Gasteiger partial charge in [0.2, 0.25) is 0 Å². The summed E-state index contributed by atoms with van der Waals surface area (Å²) >= 11 is 0. The topological polar surface area (TPSA) is 32.3 Å². The van der Waals surface area contributed by atoms with Gasteiger partial charge >= 0.3 is 0 Å². The molecule has 0 aromatic rings. The normalized spacial score (nSPS) is 34.9. The first-order valence-electron chi connectivity index (χ1n) is 4.52. The van der Waals surface area contributed by atoms with E-state index in [0.29, 0.717) is 0 Å². The smallest absolute Gasteiger partial charge is 0.0662 e. The third-order valence-corrected chi connectivity index (χ3v) is 2.70. The van der Waals surface area contributed by atoms with Gasteiger partial charge in [0.1, 0.15) is 0 Å². The van der Waals surface area contributed by atoms with Crippen LogP contribution in [0.5, 0.6) is 0 Å². The maximum absolute atomic E-state index is 9.16. The molecule has 11 heavy (non-hydrogen) atoms. The van der Waals surface area contributed by atoms with Crippen LogP contribution in [0, 0.1) is 11.8 Å². The summed E-state index contributed by atoms with van der Waals surface area (Å²) in [6.07, 6.45) is 1.13. The minimum Gasteiger partial charge on any atom is -0.392 e. The summed E-state index contributed by atoms with van der Waals surface area (Å²) in [5.41, 5.74) is 0. The molecule has 2 N–H and O–H groups in total. The Labute approximate surface area is 69.0 Å². The molecule has 4 atom stereocenters. The second kappa shape index (κ2) is 3.55. The molecule has 4 unspecified atom stereocenters. The molecule has 0 spiro atoms. The number of hydrogen-bond acceptors (Lipinski definition) is 2. The molecule has 0 bridgehead atoms. The summed E-state index contributed by atoms with van der Waals surface area (Å²) in [6, 6.07) is 0.239. The molecule has 1 aliphatic rings. The van der Waals surface area contributed by atoms with E-state index < -0.39 is 0 Å². The molecule has 0 aromatic carbocycles. The van der Waals surface area contributed by atoms with Gasteiger partial charge in [-0.1, -0.05) is 6.92 Å². The SMILES string of the molecule is CC(O)C(C)NCC1CC1C. The van der Waals surface area contributed by atoms with Crippen molar-refractivity contribution >= 4 is 0 Å². The van der Waals surface area contributed by atoms with Crippen LogP contribution >= 0.6 is 0 Å². The Morgan fingerprint density at radius 2 is 2.09 bits per heavy atom. The number of aliphatic hydroxyl groups is 1. The predicted octanol–water partition coefficient (Wildman–Crippen LogP) is 1.00. The minimum atomic E-state index is -0.232. The summed E-state index contributed by atoms with van der Waals surface area (Å²) in [7, 11) is 0. The van der Waals surface area contributed by atoms with Gasteiger partial charge in [0.15, 0.2) is 0 Å². The highest BCUT2D eigenvalue weighted by molar-refractivity contribution is 4.85. The third-order valence-electron chi connectivity index (χ3n) is 2.70. The first kappa shape index (κ1) is 9.01. The van der Waals surface area contributed by atoms with E-state index >= 15 is 0 Å². The molecule has 0 amide bonds. The van der Waals surface area contributed by atoms with Crippen LogP contribution in [-0.2, 0) is 0 Å². The molecule has 1 rings (SSSR count). The molecule has 1 saturated carbocycles. The highest BCUT2D eigenvalue weighted by Crippen LogP contribution is 2.36. The maximum atomic E-state index is 9.16. The van der Waals surface area contributed by atoms with Crippen molar-refractivity contribution in [3.05, 3.63) is 0 Å². The zero-order chi connectivity index (χ0) is 8.43. The third kappa shape index (κ3) is 2.80. The van der Waals surface area contributed by atoms with Gasteiger partial charge in [0.05, 0.1) is 6.10 Å². The largest absolute Gasteiger partial charge is 0.392 e. The van der Waals surface area contributed by atoms with Gasteiger partial charge in [-0.05, 0) is 38.6 Å². The summed E-state index contributed by atoms with van der Waals surface area (Å²) in [4.78, 5) is 0. The van der Waals surface area contributed by atoms with Gasteiger partial charge in [-0.2, -0.15) is 0 Å². The lowest BCUT2D eigenvalue weighted by Gasteiger charge is -2.15. The van der Waals surface area contributed by atoms with Crippen molar-refractivity contribution < 1.29 is 5.11 Å². The fraction of sp³-hybridized carbons (Fsp3) is 1.00. The Hall–Kier alpha value is -0.0800. The first-order chi connectivity index (χ1) is 5.11. The van der Waals surface area contributed by atoms with Crippen molar-refractivity contribution in [2.75, 3.05) is 6.54 Å². The Morgan fingerprint density at radius 1 is 1.55 bits per heavy atom. The molecule has 2 heteroatoms. The van der Waals surface area contributed by atoms with E-state index in [9.17, 15) is 0 Å². The van der Waals surface area contributed by atoms with E-state index in [4.69, 9.17) is 5.11 Å². The Balaban J connectivity index is 2.03. The Morgan fingerprint density at radius 3 is 2.45 bits per heavy atom. The van der Waals surface area contributed by atoms with Crippen LogP contribution in [0.3, 0.4) is 0 Å². The second-order valence-electron chi connectivity index (χ2n) is 3.91. The molecule has 0 radical (unpaired) electrons. The van der Waals surface area contributed by atoms with Crippen LogP contribution in [0.15, 0.2) is 0 Å². The average molecular weight is 157 g/mol. The Bertz CT molecular complexity index is 125. The first-order valence-corrected chi connectivity index (χ1v) is 4.52. The lowest BCUT2D eigenvalue weighted by molar-refractivity contribution is 0.152. The van der Waals surface area contributed by atoms with E-state index in [2.05, 4.69) is 12.2 Å². The van der Waals surface area contributed by atoms with Crippen molar-refractivity contribution in [1.82, 2.24) is 5.32 Å². The van der Waals surface area contributed by atoms with Crippen LogP contribution in [0.25, 0.3) is 0 Å². The van der Waals surface area contributed by atoms with Crippen molar-refractivity contribution in [1.29, 1.82) is 0 Å². The quantitative estimate of drug-likeness (QED) is 0.638. The average Bonchev–Trinajstić information content (AvgIpc) is 2.61. The molecule has 0 aromatic heterocycles. The van der Waals surface area contributed by atoms with E-state index in [0.717, 1.165) is 18.4 Å². The maximum Gasteiger partial charge on any atom is 0.0662 e. The summed E-state index contributed by atoms with van der Waals surface area (Å²) in [5.74, 6) is 1.78. The molecule has 0 saturated heterocycles. The Kier molecular flexibility index (Phi) is 2.90. The van der Waals surface area contributed by atoms with Crippen molar-refractivity contribution in [3.63, 3.8) is 0 Å². The highest BCUT2D eigenvalue weighted by atomic mass is 16.3. The van der Waals surface area contributed by atoms with Crippen molar-refractivity contribution in [3.8, 4) is 0 Å². The van der Waals surface area contributed by atoms with Crippen molar-refractivity contribution in [2.45, 2.75) is 39.3 Å². The van der Waals surface area contributed by atoms with Gasteiger partial charge in [-0.25, -0.2) is 0 Å². The molecular formula is C9H19NO. The fourth-order valence-electron chi connectivity index (χ4n) is 1.19. The molecule has 0 heterocycles. The van der Waals surface area contributed by atoms with E-state index in [1.54, 1.807) is 0 Å².